The van der Waals surface area contributed by atoms with E-state index in [1.165, 1.54) is 17.2 Å². The van der Waals surface area contributed by atoms with Gasteiger partial charge in [0, 0.05) is 70.6 Å². The molecule has 19 heteroatoms. The Morgan fingerprint density at radius 1 is 0.687 bits per heavy atom. The molecule has 0 atom stereocenters. The Morgan fingerprint density at radius 3 is 1.73 bits per heavy atom. The van der Waals surface area contributed by atoms with E-state index in [0.717, 1.165) is 51.4 Å². The van der Waals surface area contributed by atoms with Crippen molar-refractivity contribution in [1.82, 2.24) is 30.2 Å². The summed E-state index contributed by atoms with van der Waals surface area (Å²) in [5, 5.41) is 5.81. The summed E-state index contributed by atoms with van der Waals surface area (Å²) in [6.07, 6.45) is 5.87. The van der Waals surface area contributed by atoms with Crippen LogP contribution >= 0.6 is 58.0 Å². The number of benzene rings is 2. The van der Waals surface area contributed by atoms with Gasteiger partial charge in [0.2, 0.25) is 0 Å². The van der Waals surface area contributed by atoms with Crippen LogP contribution < -0.4 is 5.32 Å². The van der Waals surface area contributed by atoms with Crippen molar-refractivity contribution in [3.63, 3.8) is 0 Å². The number of fused-ring (bicyclic) bond motifs is 6. The van der Waals surface area contributed by atoms with Crippen molar-refractivity contribution in [2.45, 2.75) is 78.4 Å². The van der Waals surface area contributed by atoms with E-state index in [-0.39, 0.29) is 52.2 Å². The van der Waals surface area contributed by atoms with Crippen LogP contribution in [0.25, 0.3) is 33.2 Å². The zero-order chi connectivity index (χ0) is 49.3. The molecule has 12 nitrogen and oxygen atoms in total. The fraction of sp³-hybridized carbons (Fsp3) is 0.292. The quantitative estimate of drug-likeness (QED) is 0.109. The summed E-state index contributed by atoms with van der Waals surface area (Å²) in [5.41, 5.74) is 4.73. The molecular weight excluding hydrogens is 972 g/mol. The van der Waals surface area contributed by atoms with Crippen molar-refractivity contribution >= 4 is 114 Å². The number of amides is 1. The van der Waals surface area contributed by atoms with Crippen molar-refractivity contribution in [1.29, 1.82) is 0 Å². The minimum Gasteiger partial charge on any atom is -0.459 e. The van der Waals surface area contributed by atoms with Gasteiger partial charge in [-0.05, 0) is 99.0 Å². The maximum absolute atomic E-state index is 13.5. The van der Waals surface area contributed by atoms with Crippen LogP contribution in [0.5, 0.6) is 0 Å². The number of pyridine rings is 2. The number of aromatic nitrogens is 4. The maximum Gasteiger partial charge on any atom is 0.342 e. The lowest BCUT2D eigenvalue weighted by atomic mass is 9.82. The number of hydrogen-bond donors (Lipinski definition) is 3. The Hall–Kier alpha value is -5.51. The third-order valence-corrected chi connectivity index (χ3v) is 11.8. The van der Waals surface area contributed by atoms with Gasteiger partial charge in [0.15, 0.2) is 11.6 Å². The number of rotatable bonds is 6. The van der Waals surface area contributed by atoms with E-state index in [1.54, 1.807) is 44.6 Å². The molecule has 8 rings (SSSR count). The number of H-pyrrole nitrogens is 2. The van der Waals surface area contributed by atoms with Crippen molar-refractivity contribution in [2.75, 3.05) is 13.1 Å². The van der Waals surface area contributed by atoms with Gasteiger partial charge in [-0.25, -0.2) is 28.3 Å². The minimum absolute atomic E-state index is 0.0504. The molecule has 67 heavy (non-hydrogen) atoms. The summed E-state index contributed by atoms with van der Waals surface area (Å²) >= 11 is 29.5. The number of ether oxygens (including phenoxy) is 2. The van der Waals surface area contributed by atoms with Crippen LogP contribution in [0.4, 0.5) is 8.78 Å². The van der Waals surface area contributed by atoms with E-state index in [1.807, 2.05) is 39.8 Å². The predicted molar refractivity (Wildman–Crippen MR) is 259 cm³/mol. The number of carbonyl (C=O) groups is 4. The van der Waals surface area contributed by atoms with Gasteiger partial charge in [-0.3, -0.25) is 9.59 Å². The van der Waals surface area contributed by atoms with Crippen LogP contribution in [0.3, 0.4) is 0 Å². The van der Waals surface area contributed by atoms with E-state index in [4.69, 9.17) is 67.5 Å². The van der Waals surface area contributed by atoms with E-state index < -0.39 is 28.3 Å². The van der Waals surface area contributed by atoms with E-state index in [0.29, 0.717) is 44.1 Å². The highest BCUT2D eigenvalue weighted by Crippen LogP contribution is 2.42. The Morgan fingerprint density at radius 2 is 1.21 bits per heavy atom. The first-order valence-electron chi connectivity index (χ1n) is 20.7. The van der Waals surface area contributed by atoms with Gasteiger partial charge in [0.1, 0.15) is 11.3 Å². The second-order valence-corrected chi connectivity index (χ2v) is 19.5. The van der Waals surface area contributed by atoms with Crippen LogP contribution in [-0.4, -0.2) is 73.2 Å². The highest BCUT2D eigenvalue weighted by Gasteiger charge is 2.39. The van der Waals surface area contributed by atoms with Gasteiger partial charge in [0.25, 0.3) is 11.1 Å². The largest absolute Gasteiger partial charge is 0.459 e. The first-order chi connectivity index (χ1) is 31.4. The highest BCUT2D eigenvalue weighted by molar-refractivity contribution is 6.67. The van der Waals surface area contributed by atoms with Crippen LogP contribution in [-0.2, 0) is 29.9 Å². The molecule has 2 aliphatic heterocycles. The van der Waals surface area contributed by atoms with Crippen LogP contribution in [0, 0.1) is 11.6 Å². The van der Waals surface area contributed by atoms with Crippen LogP contribution in [0.1, 0.15) is 98.6 Å². The van der Waals surface area contributed by atoms with Crippen molar-refractivity contribution in [3.8, 4) is 0 Å². The molecule has 6 heterocycles. The molecule has 2 aromatic carbocycles. The van der Waals surface area contributed by atoms with E-state index >= 15 is 0 Å². The Labute approximate surface area is 410 Å². The van der Waals surface area contributed by atoms with Gasteiger partial charge in [-0.15, -0.1) is 0 Å². The second-order valence-electron chi connectivity index (χ2n) is 17.5. The van der Waals surface area contributed by atoms with Gasteiger partial charge in [-0.1, -0.05) is 74.1 Å². The van der Waals surface area contributed by atoms with Crippen LogP contribution in [0.15, 0.2) is 73.3 Å². The van der Waals surface area contributed by atoms with Crippen molar-refractivity contribution in [3.05, 3.63) is 139 Å². The van der Waals surface area contributed by atoms with Gasteiger partial charge in [-0.2, -0.15) is 0 Å². The summed E-state index contributed by atoms with van der Waals surface area (Å²) in [7, 11) is 0. The van der Waals surface area contributed by atoms with Gasteiger partial charge >= 0.3 is 11.9 Å². The molecule has 4 aromatic heterocycles. The SMILES string of the molecule is CC(C)OC(=O)C1=CN(C(=O)c2ccc(Cl)c(Cl)c2)CC(C)(C)c2c1[nH]c1ncc(Cl)cc21.CC(C)OC(=O)C1=CNCC(C)(C)c2c1[nH]c1ncc(Cl)cc21.O=C(Cl)c1ccc(F)c(F)c1. The Bertz CT molecular complexity index is 3000. The van der Waals surface area contributed by atoms with E-state index in [2.05, 4.69) is 39.1 Å². The molecule has 0 bridgehead atoms. The number of esters is 2. The molecule has 0 saturated heterocycles. The average Bonchev–Trinajstić information content (AvgIpc) is 3.74. The summed E-state index contributed by atoms with van der Waals surface area (Å²) < 4.78 is 35.5. The van der Waals surface area contributed by atoms with Gasteiger partial charge in [0.05, 0.1) is 54.8 Å². The topological polar surface area (TPSA) is 159 Å². The monoisotopic (exact) mass is 1010 g/mol. The number of hydrogen-bond acceptors (Lipinski definition) is 9. The predicted octanol–water partition coefficient (Wildman–Crippen LogP) is 12.0. The zero-order valence-electron chi connectivity index (χ0n) is 37.4. The maximum atomic E-state index is 13.5. The molecule has 6 aromatic rings. The molecule has 352 valence electrons. The van der Waals surface area contributed by atoms with Crippen LogP contribution in [0.2, 0.25) is 20.1 Å². The Balaban J connectivity index is 0.000000188. The molecule has 2 aliphatic rings. The minimum atomic E-state index is -1.07. The highest BCUT2D eigenvalue weighted by atomic mass is 35.5. The summed E-state index contributed by atoms with van der Waals surface area (Å²) in [6, 6.07) is 11.1. The number of nitrogens with zero attached hydrogens (tertiary/aromatic N) is 3. The standard InChI is InChI=1S/C24H22Cl3N3O3.C17H20ClN3O2.C7H3ClF2O/c1-12(2)33-23(32)16-10-30(22(31)13-5-6-17(26)18(27)7-13)11-24(3,4)19-15-8-14(25)9-28-21(15)29-20(16)19;1-9(2)23-16(22)12-7-19-8-17(3,4)13-11-5-10(18)6-20-15(11)21-14(12)13;8-7(11)4-1-2-5(9)6(10)3-4/h5-10,12H,11H2,1-4H3,(H,28,29);5-7,9,19H,8H2,1-4H3,(H,20,21);1-3H. The molecule has 0 fully saturated rings. The fourth-order valence-electron chi connectivity index (χ4n) is 7.65. The van der Waals surface area contributed by atoms with Crippen molar-refractivity contribution < 1.29 is 37.4 Å². The first-order valence-corrected chi connectivity index (χ1v) is 22.6. The fourth-order valence-corrected chi connectivity index (χ4v) is 8.39. The lowest BCUT2D eigenvalue weighted by Crippen LogP contribution is -2.37. The number of aromatic amines is 2. The average molecular weight is 1020 g/mol. The smallest absolute Gasteiger partial charge is 0.342 e. The Kier molecular flexibility index (Phi) is 15.5. The molecule has 0 spiro atoms. The van der Waals surface area contributed by atoms with Crippen molar-refractivity contribution in [2.24, 2.45) is 0 Å². The third kappa shape index (κ3) is 11.4. The summed E-state index contributed by atoms with van der Waals surface area (Å²) in [4.78, 5) is 66.2. The second kappa shape index (κ2) is 20.4. The normalized spacial score (nSPS) is 14.8. The van der Waals surface area contributed by atoms with E-state index in [9.17, 15) is 28.0 Å². The molecule has 1 amide bonds. The third-order valence-electron chi connectivity index (χ3n) is 10.5. The molecule has 0 unspecified atom stereocenters. The molecule has 0 aliphatic carbocycles. The van der Waals surface area contributed by atoms with Gasteiger partial charge < -0.3 is 29.7 Å². The first kappa shape index (κ1) is 50.9. The molecule has 0 saturated carbocycles. The number of halogens is 7. The summed E-state index contributed by atoms with van der Waals surface area (Å²) in [6.45, 7) is 16.4. The lowest BCUT2D eigenvalue weighted by molar-refractivity contribution is -0.141. The molecular formula is C48H45Cl5F2N6O6. The molecule has 0 radical (unpaired) electrons. The summed E-state index contributed by atoms with van der Waals surface area (Å²) in [5.74, 6) is -3.29. The molecule has 3 N–H and O–H groups in total. The lowest BCUT2D eigenvalue weighted by Gasteiger charge is -2.29. The number of nitrogens with one attached hydrogen (secondary N) is 3. The number of carbonyl (C=O) groups excluding carboxylic acids is 4. The zero-order valence-corrected chi connectivity index (χ0v) is 41.2.